The fourth-order valence-electron chi connectivity index (χ4n) is 2.23. The van der Waals surface area contributed by atoms with Gasteiger partial charge in [0.15, 0.2) is 11.5 Å². The molecule has 0 atom stereocenters. The van der Waals surface area contributed by atoms with Gasteiger partial charge in [0.2, 0.25) is 0 Å². The van der Waals surface area contributed by atoms with Gasteiger partial charge in [-0.3, -0.25) is 9.59 Å². The minimum Gasteiger partial charge on any atom is -0.497 e. The lowest BCUT2D eigenvalue weighted by Crippen LogP contribution is -2.34. The van der Waals surface area contributed by atoms with Gasteiger partial charge in [-0.1, -0.05) is 6.07 Å². The number of nitrogens with one attached hydrogen (secondary N) is 2. The minimum absolute atomic E-state index is 0.211. The summed E-state index contributed by atoms with van der Waals surface area (Å²) in [6.07, 6.45) is 1.44. The van der Waals surface area contributed by atoms with Gasteiger partial charge in [-0.05, 0) is 36.4 Å². The number of ether oxygens (including phenoxy) is 3. The molecule has 0 aliphatic rings. The molecule has 2 aromatic carbocycles. The van der Waals surface area contributed by atoms with Crippen molar-refractivity contribution in [3.8, 4) is 17.2 Å². The molecule has 8 heteroatoms. The molecule has 0 spiro atoms. The maximum Gasteiger partial charge on any atom is 0.259 e. The number of benzene rings is 2. The van der Waals surface area contributed by atoms with Crippen molar-refractivity contribution in [2.75, 3.05) is 27.9 Å². The van der Waals surface area contributed by atoms with Crippen LogP contribution in [0.2, 0.25) is 0 Å². The lowest BCUT2D eigenvalue weighted by molar-refractivity contribution is -0.120. The molecule has 2 N–H and O–H groups in total. The summed E-state index contributed by atoms with van der Waals surface area (Å²) in [6.45, 7) is -0.211. The second kappa shape index (κ2) is 9.81. The van der Waals surface area contributed by atoms with E-state index in [-0.39, 0.29) is 12.5 Å². The average Bonchev–Trinajstić information content (AvgIpc) is 2.71. The third-order valence-electron chi connectivity index (χ3n) is 3.59. The van der Waals surface area contributed by atoms with Crippen molar-refractivity contribution >= 4 is 18.0 Å². The molecule has 27 heavy (non-hydrogen) atoms. The number of carbonyl (C=O) groups is 2. The SMILES string of the molecule is COc1ccc(C(=O)NCC(=O)NN=Cc2cccc(OC)c2OC)cc1. The number of carbonyl (C=O) groups excluding carboxylic acids is 2. The Morgan fingerprint density at radius 2 is 1.74 bits per heavy atom. The zero-order valence-electron chi connectivity index (χ0n) is 15.3. The van der Waals surface area contributed by atoms with Crippen molar-refractivity contribution in [2.24, 2.45) is 5.10 Å². The van der Waals surface area contributed by atoms with E-state index in [9.17, 15) is 9.59 Å². The number of hydrogen-bond donors (Lipinski definition) is 2. The quantitative estimate of drug-likeness (QED) is 0.542. The molecule has 0 saturated carbocycles. The Labute approximate surface area is 157 Å². The van der Waals surface area contributed by atoms with E-state index < -0.39 is 5.91 Å². The molecule has 2 aromatic rings. The summed E-state index contributed by atoms with van der Waals surface area (Å²) in [4.78, 5) is 23.8. The van der Waals surface area contributed by atoms with Gasteiger partial charge in [0.25, 0.3) is 11.8 Å². The topological polar surface area (TPSA) is 98.2 Å². The molecular formula is C19H21N3O5. The van der Waals surface area contributed by atoms with E-state index in [4.69, 9.17) is 14.2 Å². The van der Waals surface area contributed by atoms with Gasteiger partial charge in [-0.15, -0.1) is 0 Å². The normalized spacial score (nSPS) is 10.3. The first-order chi connectivity index (χ1) is 13.1. The van der Waals surface area contributed by atoms with Crippen molar-refractivity contribution in [1.82, 2.24) is 10.7 Å². The highest BCUT2D eigenvalue weighted by Crippen LogP contribution is 2.29. The Morgan fingerprint density at radius 1 is 1.00 bits per heavy atom. The number of hydrazone groups is 1. The van der Waals surface area contributed by atoms with Crippen LogP contribution in [0.15, 0.2) is 47.6 Å². The lowest BCUT2D eigenvalue weighted by atomic mass is 10.2. The van der Waals surface area contributed by atoms with Crippen LogP contribution in [0.4, 0.5) is 0 Å². The van der Waals surface area contributed by atoms with Crippen LogP contribution in [0.5, 0.6) is 17.2 Å². The van der Waals surface area contributed by atoms with Crippen molar-refractivity contribution in [3.05, 3.63) is 53.6 Å². The molecule has 0 heterocycles. The summed E-state index contributed by atoms with van der Waals surface area (Å²) >= 11 is 0. The number of rotatable bonds is 8. The molecule has 0 aliphatic heterocycles. The van der Waals surface area contributed by atoms with Gasteiger partial charge in [0, 0.05) is 11.1 Å². The van der Waals surface area contributed by atoms with E-state index in [0.717, 1.165) is 0 Å². The van der Waals surface area contributed by atoms with E-state index >= 15 is 0 Å². The Balaban J connectivity index is 1.87. The Kier molecular flexibility index (Phi) is 7.18. The molecule has 2 rings (SSSR count). The molecule has 0 saturated heterocycles. The molecule has 0 unspecified atom stereocenters. The average molecular weight is 371 g/mol. The fourth-order valence-corrected chi connectivity index (χ4v) is 2.23. The summed E-state index contributed by atoms with van der Waals surface area (Å²) < 4.78 is 15.5. The molecule has 142 valence electrons. The van der Waals surface area contributed by atoms with Crippen LogP contribution in [0, 0.1) is 0 Å². The van der Waals surface area contributed by atoms with Crippen LogP contribution in [0.1, 0.15) is 15.9 Å². The summed E-state index contributed by atoms with van der Waals surface area (Å²) in [7, 11) is 4.59. The number of para-hydroxylation sites is 1. The molecule has 0 fully saturated rings. The first-order valence-electron chi connectivity index (χ1n) is 8.04. The molecule has 0 aromatic heterocycles. The minimum atomic E-state index is -0.463. The van der Waals surface area contributed by atoms with Crippen LogP contribution in [-0.4, -0.2) is 45.9 Å². The maximum atomic E-state index is 12.0. The summed E-state index contributed by atoms with van der Waals surface area (Å²) in [5.74, 6) is 0.873. The highest BCUT2D eigenvalue weighted by molar-refractivity contribution is 5.96. The number of hydrogen-bond acceptors (Lipinski definition) is 6. The van der Waals surface area contributed by atoms with E-state index in [1.165, 1.54) is 20.4 Å². The van der Waals surface area contributed by atoms with Crippen LogP contribution in [0.3, 0.4) is 0 Å². The van der Waals surface area contributed by atoms with Gasteiger partial charge in [0.05, 0.1) is 34.1 Å². The fraction of sp³-hybridized carbons (Fsp3) is 0.211. The molecule has 0 radical (unpaired) electrons. The van der Waals surface area contributed by atoms with Crippen LogP contribution in [0.25, 0.3) is 0 Å². The molecule has 0 bridgehead atoms. The third-order valence-corrected chi connectivity index (χ3v) is 3.59. The number of methoxy groups -OCH3 is 3. The van der Waals surface area contributed by atoms with Gasteiger partial charge >= 0.3 is 0 Å². The Hall–Kier alpha value is -3.55. The zero-order chi connectivity index (χ0) is 19.6. The Bertz CT molecular complexity index is 819. The highest BCUT2D eigenvalue weighted by Gasteiger charge is 2.09. The maximum absolute atomic E-state index is 12.0. The van der Waals surface area contributed by atoms with Gasteiger partial charge < -0.3 is 19.5 Å². The third kappa shape index (κ3) is 5.46. The second-order valence-corrected chi connectivity index (χ2v) is 5.29. The first-order valence-corrected chi connectivity index (χ1v) is 8.04. The molecular weight excluding hydrogens is 350 g/mol. The monoisotopic (exact) mass is 371 g/mol. The van der Waals surface area contributed by atoms with E-state index in [1.807, 2.05) is 0 Å². The standard InChI is InChI=1S/C19H21N3O5/c1-25-15-9-7-13(8-10-15)19(24)20-12-17(23)22-21-11-14-5-4-6-16(26-2)18(14)27-3/h4-11H,12H2,1-3H3,(H,20,24)(H,22,23). The van der Waals surface area contributed by atoms with Gasteiger partial charge in [-0.2, -0.15) is 5.10 Å². The molecule has 2 amide bonds. The van der Waals surface area contributed by atoms with Gasteiger partial charge in [-0.25, -0.2) is 5.43 Å². The molecule has 8 nitrogen and oxygen atoms in total. The van der Waals surface area contributed by atoms with E-state index in [2.05, 4.69) is 15.8 Å². The van der Waals surface area contributed by atoms with Crippen LogP contribution >= 0.6 is 0 Å². The predicted octanol–water partition coefficient (Wildman–Crippen LogP) is 1.59. The van der Waals surface area contributed by atoms with Crippen molar-refractivity contribution in [2.45, 2.75) is 0 Å². The van der Waals surface area contributed by atoms with Crippen LogP contribution in [-0.2, 0) is 4.79 Å². The Morgan fingerprint density at radius 3 is 2.37 bits per heavy atom. The second-order valence-electron chi connectivity index (χ2n) is 5.29. The highest BCUT2D eigenvalue weighted by atomic mass is 16.5. The zero-order valence-corrected chi connectivity index (χ0v) is 15.3. The first kappa shape index (κ1) is 19.8. The summed E-state index contributed by atoms with van der Waals surface area (Å²) in [5, 5.41) is 6.39. The van der Waals surface area contributed by atoms with Crippen molar-refractivity contribution in [3.63, 3.8) is 0 Å². The van der Waals surface area contributed by atoms with Crippen molar-refractivity contribution in [1.29, 1.82) is 0 Å². The number of amides is 2. The van der Waals surface area contributed by atoms with E-state index in [1.54, 1.807) is 49.6 Å². The summed E-state index contributed by atoms with van der Waals surface area (Å²) in [5.41, 5.74) is 3.41. The largest absolute Gasteiger partial charge is 0.497 e. The van der Waals surface area contributed by atoms with Crippen molar-refractivity contribution < 1.29 is 23.8 Å². The summed E-state index contributed by atoms with van der Waals surface area (Å²) in [6, 6.07) is 11.9. The smallest absolute Gasteiger partial charge is 0.259 e. The van der Waals surface area contributed by atoms with E-state index in [0.29, 0.717) is 28.4 Å². The predicted molar refractivity (Wildman–Crippen MR) is 101 cm³/mol. The lowest BCUT2D eigenvalue weighted by Gasteiger charge is -2.09. The number of nitrogens with zero attached hydrogens (tertiary/aromatic N) is 1. The van der Waals surface area contributed by atoms with Crippen LogP contribution < -0.4 is 25.0 Å². The molecule has 0 aliphatic carbocycles. The van der Waals surface area contributed by atoms with Gasteiger partial charge in [0.1, 0.15) is 5.75 Å².